The zero-order chi connectivity index (χ0) is 15.0. The van der Waals surface area contributed by atoms with Crippen LogP contribution in [-0.2, 0) is 10.0 Å². The lowest BCUT2D eigenvalue weighted by atomic mass is 10.2. The average Bonchev–Trinajstić information content (AvgIpc) is 2.39. The maximum Gasteiger partial charge on any atom is 0.251 e. The van der Waals surface area contributed by atoms with E-state index in [4.69, 9.17) is 0 Å². The SMILES string of the molecule is CCCS(=O)(=O)Nc1ccc(C(=O)NCCNC)cc1.Cl. The van der Waals surface area contributed by atoms with Crippen molar-refractivity contribution in [2.45, 2.75) is 13.3 Å². The highest BCUT2D eigenvalue weighted by atomic mass is 35.5. The van der Waals surface area contributed by atoms with E-state index in [0.717, 1.165) is 0 Å². The molecule has 0 unspecified atom stereocenters. The largest absolute Gasteiger partial charge is 0.351 e. The molecular formula is C13H22ClN3O3S. The van der Waals surface area contributed by atoms with E-state index in [1.165, 1.54) is 0 Å². The van der Waals surface area contributed by atoms with E-state index in [1.54, 1.807) is 31.2 Å². The summed E-state index contributed by atoms with van der Waals surface area (Å²) >= 11 is 0. The van der Waals surface area contributed by atoms with Gasteiger partial charge in [0, 0.05) is 24.3 Å². The number of rotatable bonds is 8. The Hall–Kier alpha value is -1.31. The molecule has 6 nitrogen and oxygen atoms in total. The number of sulfonamides is 1. The van der Waals surface area contributed by atoms with Crippen LogP contribution in [0.3, 0.4) is 0 Å². The summed E-state index contributed by atoms with van der Waals surface area (Å²) in [7, 11) is -1.49. The number of hydrogen-bond donors (Lipinski definition) is 3. The van der Waals surface area contributed by atoms with Crippen LogP contribution in [0.2, 0.25) is 0 Å². The van der Waals surface area contributed by atoms with E-state index in [9.17, 15) is 13.2 Å². The number of carbonyl (C=O) groups excluding carboxylic acids is 1. The molecule has 21 heavy (non-hydrogen) atoms. The number of carbonyl (C=O) groups is 1. The Morgan fingerprint density at radius 3 is 2.29 bits per heavy atom. The molecule has 0 spiro atoms. The quantitative estimate of drug-likeness (QED) is 0.623. The summed E-state index contributed by atoms with van der Waals surface area (Å²) < 4.78 is 25.7. The second-order valence-corrected chi connectivity index (χ2v) is 6.20. The molecule has 0 aromatic heterocycles. The molecule has 0 radical (unpaired) electrons. The summed E-state index contributed by atoms with van der Waals surface area (Å²) in [5, 5.41) is 5.68. The zero-order valence-electron chi connectivity index (χ0n) is 12.2. The molecule has 8 heteroatoms. The van der Waals surface area contributed by atoms with E-state index >= 15 is 0 Å². The van der Waals surface area contributed by atoms with Crippen LogP contribution in [0.15, 0.2) is 24.3 Å². The molecule has 3 N–H and O–H groups in total. The zero-order valence-corrected chi connectivity index (χ0v) is 13.8. The maximum atomic E-state index is 11.7. The first-order valence-corrected chi connectivity index (χ1v) is 8.17. The van der Waals surface area contributed by atoms with E-state index in [2.05, 4.69) is 15.4 Å². The lowest BCUT2D eigenvalue weighted by Gasteiger charge is -2.08. The minimum atomic E-state index is -3.29. The first-order valence-electron chi connectivity index (χ1n) is 6.52. The average molecular weight is 336 g/mol. The molecule has 0 fully saturated rings. The number of halogens is 1. The van der Waals surface area contributed by atoms with Gasteiger partial charge < -0.3 is 10.6 Å². The van der Waals surface area contributed by atoms with Crippen LogP contribution in [-0.4, -0.2) is 40.2 Å². The first-order chi connectivity index (χ1) is 9.48. The van der Waals surface area contributed by atoms with Crippen molar-refractivity contribution in [3.05, 3.63) is 29.8 Å². The molecular weight excluding hydrogens is 314 g/mol. The molecule has 0 aliphatic carbocycles. The predicted molar refractivity (Wildman–Crippen MR) is 87.7 cm³/mol. The molecule has 120 valence electrons. The second-order valence-electron chi connectivity index (χ2n) is 4.36. The van der Waals surface area contributed by atoms with Crippen molar-refractivity contribution >= 4 is 34.0 Å². The number of amides is 1. The molecule has 0 heterocycles. The van der Waals surface area contributed by atoms with Gasteiger partial charge in [-0.2, -0.15) is 0 Å². The van der Waals surface area contributed by atoms with E-state index in [-0.39, 0.29) is 24.1 Å². The van der Waals surface area contributed by atoms with Gasteiger partial charge in [-0.1, -0.05) is 6.92 Å². The highest BCUT2D eigenvalue weighted by Gasteiger charge is 2.09. The smallest absolute Gasteiger partial charge is 0.251 e. The van der Waals surface area contributed by atoms with Gasteiger partial charge in [0.15, 0.2) is 0 Å². The van der Waals surface area contributed by atoms with Crippen molar-refractivity contribution in [2.24, 2.45) is 0 Å². The van der Waals surface area contributed by atoms with Crippen molar-refractivity contribution < 1.29 is 13.2 Å². The van der Waals surface area contributed by atoms with Crippen LogP contribution < -0.4 is 15.4 Å². The summed E-state index contributed by atoms with van der Waals surface area (Å²) in [6.07, 6.45) is 0.557. The van der Waals surface area contributed by atoms with Crippen molar-refractivity contribution in [3.8, 4) is 0 Å². The number of hydrogen-bond acceptors (Lipinski definition) is 4. The fourth-order valence-electron chi connectivity index (χ4n) is 1.59. The summed E-state index contributed by atoms with van der Waals surface area (Å²) in [6, 6.07) is 6.36. The Balaban J connectivity index is 0.00000400. The van der Waals surface area contributed by atoms with Gasteiger partial charge in [0.25, 0.3) is 5.91 Å². The minimum absolute atomic E-state index is 0. The predicted octanol–water partition coefficient (Wildman–Crippen LogP) is 1.21. The topological polar surface area (TPSA) is 87.3 Å². The Morgan fingerprint density at radius 1 is 1.14 bits per heavy atom. The molecule has 0 saturated heterocycles. The molecule has 0 bridgehead atoms. The summed E-state index contributed by atoms with van der Waals surface area (Å²) in [5.74, 6) is -0.0950. The molecule has 1 aromatic rings. The van der Waals surface area contributed by atoms with Gasteiger partial charge in [0.05, 0.1) is 5.75 Å². The first kappa shape index (κ1) is 19.7. The van der Waals surface area contributed by atoms with Crippen LogP contribution in [0.4, 0.5) is 5.69 Å². The molecule has 0 atom stereocenters. The van der Waals surface area contributed by atoms with Crippen LogP contribution in [0.1, 0.15) is 23.7 Å². The van der Waals surface area contributed by atoms with Gasteiger partial charge >= 0.3 is 0 Å². The van der Waals surface area contributed by atoms with E-state index in [1.807, 2.05) is 7.05 Å². The maximum absolute atomic E-state index is 11.7. The molecule has 1 rings (SSSR count). The Labute approximate surface area is 132 Å². The fourth-order valence-corrected chi connectivity index (χ4v) is 2.73. The van der Waals surface area contributed by atoms with Gasteiger partial charge in [-0.15, -0.1) is 12.4 Å². The number of benzene rings is 1. The molecule has 0 saturated carbocycles. The van der Waals surface area contributed by atoms with Crippen LogP contribution >= 0.6 is 12.4 Å². The van der Waals surface area contributed by atoms with Crippen LogP contribution in [0.25, 0.3) is 0 Å². The Morgan fingerprint density at radius 2 is 1.76 bits per heavy atom. The van der Waals surface area contributed by atoms with Crippen molar-refractivity contribution in [1.82, 2.24) is 10.6 Å². The van der Waals surface area contributed by atoms with Gasteiger partial charge in [0.2, 0.25) is 10.0 Å². The van der Waals surface area contributed by atoms with E-state index in [0.29, 0.717) is 30.8 Å². The highest BCUT2D eigenvalue weighted by molar-refractivity contribution is 7.92. The molecule has 0 aliphatic rings. The third-order valence-corrected chi connectivity index (χ3v) is 4.05. The van der Waals surface area contributed by atoms with Gasteiger partial charge in [0.1, 0.15) is 0 Å². The minimum Gasteiger partial charge on any atom is -0.351 e. The highest BCUT2D eigenvalue weighted by Crippen LogP contribution is 2.11. The van der Waals surface area contributed by atoms with E-state index < -0.39 is 10.0 Å². The van der Waals surface area contributed by atoms with Crippen molar-refractivity contribution in [3.63, 3.8) is 0 Å². The van der Waals surface area contributed by atoms with Crippen molar-refractivity contribution in [2.75, 3.05) is 30.6 Å². The lowest BCUT2D eigenvalue weighted by Crippen LogP contribution is -2.30. The van der Waals surface area contributed by atoms with Crippen LogP contribution in [0.5, 0.6) is 0 Å². The molecule has 0 aliphatic heterocycles. The molecule has 1 amide bonds. The summed E-state index contributed by atoms with van der Waals surface area (Å²) in [6.45, 7) is 3.04. The standard InChI is InChI=1S/C13H21N3O3S.ClH/c1-3-10-20(18,19)16-12-6-4-11(5-7-12)13(17)15-9-8-14-2;/h4-7,14,16H,3,8-10H2,1-2H3,(H,15,17);1H. The Bertz CT molecular complexity index is 532. The monoisotopic (exact) mass is 335 g/mol. The second kappa shape index (κ2) is 9.59. The number of likely N-dealkylation sites (N-methyl/N-ethyl adjacent to an activating group) is 1. The fraction of sp³-hybridized carbons (Fsp3) is 0.462. The lowest BCUT2D eigenvalue weighted by molar-refractivity contribution is 0.0954. The third-order valence-electron chi connectivity index (χ3n) is 2.55. The van der Waals surface area contributed by atoms with Gasteiger partial charge in [-0.3, -0.25) is 9.52 Å². The third kappa shape index (κ3) is 7.31. The summed E-state index contributed by atoms with van der Waals surface area (Å²) in [5.41, 5.74) is 0.963. The van der Waals surface area contributed by atoms with Crippen molar-refractivity contribution in [1.29, 1.82) is 0 Å². The Kier molecular flexibility index (Phi) is 9.00. The number of anilines is 1. The molecule has 1 aromatic carbocycles. The normalized spacial score (nSPS) is 10.6. The summed E-state index contributed by atoms with van der Waals surface area (Å²) in [4.78, 5) is 11.7. The van der Waals surface area contributed by atoms with Gasteiger partial charge in [-0.05, 0) is 37.7 Å². The number of nitrogens with one attached hydrogen (secondary N) is 3. The van der Waals surface area contributed by atoms with Gasteiger partial charge in [-0.25, -0.2) is 8.42 Å². The van der Waals surface area contributed by atoms with Crippen LogP contribution in [0, 0.1) is 0 Å².